The third-order valence-electron chi connectivity index (χ3n) is 2.47. The number of nitrogens with one attached hydrogen (secondary N) is 1. The van der Waals surface area contributed by atoms with E-state index in [1.807, 2.05) is 6.92 Å². The van der Waals surface area contributed by atoms with Gasteiger partial charge in [0.25, 0.3) is 0 Å². The molecule has 1 aliphatic heterocycles. The van der Waals surface area contributed by atoms with Gasteiger partial charge in [0.1, 0.15) is 5.82 Å². The lowest BCUT2D eigenvalue weighted by Crippen LogP contribution is -2.47. The van der Waals surface area contributed by atoms with E-state index in [0.717, 1.165) is 25.3 Å². The van der Waals surface area contributed by atoms with Gasteiger partial charge in [0.15, 0.2) is 0 Å². The van der Waals surface area contributed by atoms with Crippen LogP contribution in [-0.2, 0) is 13.5 Å². The number of hydrogen-bond acceptors (Lipinski definition) is 3. The summed E-state index contributed by atoms with van der Waals surface area (Å²) in [5.41, 5.74) is 0.00310. The molecular formula is C8H14N4O. The molecule has 1 aromatic heterocycles. The second-order valence-electron chi connectivity index (χ2n) is 3.36. The summed E-state index contributed by atoms with van der Waals surface area (Å²) in [6.07, 6.45) is 0.812. The van der Waals surface area contributed by atoms with Crippen LogP contribution in [0.25, 0.3) is 0 Å². The summed E-state index contributed by atoms with van der Waals surface area (Å²) < 4.78 is 3.22. The summed E-state index contributed by atoms with van der Waals surface area (Å²) in [7, 11) is 1.70. The smallest absolute Gasteiger partial charge is 0.313 e. The number of rotatable bonds is 2. The van der Waals surface area contributed by atoms with Gasteiger partial charge >= 0.3 is 5.69 Å². The Morgan fingerprint density at radius 1 is 1.62 bits per heavy atom. The van der Waals surface area contributed by atoms with Crippen molar-refractivity contribution in [1.29, 1.82) is 0 Å². The molecule has 1 N–H and O–H groups in total. The Labute approximate surface area is 76.4 Å². The van der Waals surface area contributed by atoms with Gasteiger partial charge in [-0.05, 0) is 0 Å². The molecule has 0 spiro atoms. The standard InChI is InChI=1S/C8H14N4O/c1-3-7-10-11(2)8(13)12(7)6-4-9-5-6/h6,9H,3-5H2,1-2H3. The first kappa shape index (κ1) is 8.50. The normalized spacial score (nSPS) is 17.4. The molecule has 0 atom stereocenters. The predicted molar refractivity (Wildman–Crippen MR) is 48.8 cm³/mol. The zero-order chi connectivity index (χ0) is 9.42. The van der Waals surface area contributed by atoms with E-state index in [2.05, 4.69) is 10.4 Å². The fraction of sp³-hybridized carbons (Fsp3) is 0.750. The van der Waals surface area contributed by atoms with Crippen LogP contribution >= 0.6 is 0 Å². The number of aryl methyl sites for hydroxylation is 2. The molecule has 0 aromatic carbocycles. The highest BCUT2D eigenvalue weighted by molar-refractivity contribution is 4.95. The lowest BCUT2D eigenvalue weighted by atomic mass is 10.2. The molecule has 1 saturated heterocycles. The van der Waals surface area contributed by atoms with Gasteiger partial charge in [0.05, 0.1) is 6.04 Å². The van der Waals surface area contributed by atoms with E-state index in [9.17, 15) is 4.79 Å². The van der Waals surface area contributed by atoms with Crippen molar-refractivity contribution in [3.63, 3.8) is 0 Å². The minimum atomic E-state index is 0.00310. The summed E-state index contributed by atoms with van der Waals surface area (Å²) >= 11 is 0. The van der Waals surface area contributed by atoms with E-state index in [1.165, 1.54) is 4.68 Å². The second-order valence-corrected chi connectivity index (χ2v) is 3.36. The molecule has 5 heteroatoms. The minimum Gasteiger partial charge on any atom is -0.313 e. The monoisotopic (exact) mass is 182 g/mol. The van der Waals surface area contributed by atoms with Crippen molar-refractivity contribution >= 4 is 0 Å². The van der Waals surface area contributed by atoms with Gasteiger partial charge in [-0.2, -0.15) is 5.10 Å². The Hall–Kier alpha value is -1.10. The van der Waals surface area contributed by atoms with E-state index >= 15 is 0 Å². The van der Waals surface area contributed by atoms with Crippen molar-refractivity contribution in [3.05, 3.63) is 16.3 Å². The van der Waals surface area contributed by atoms with Crippen molar-refractivity contribution in [1.82, 2.24) is 19.7 Å². The number of nitrogens with zero attached hydrogens (tertiary/aromatic N) is 3. The largest absolute Gasteiger partial charge is 0.346 e. The SMILES string of the molecule is CCc1nn(C)c(=O)n1C1CNC1. The summed E-state index contributed by atoms with van der Waals surface area (Å²) in [5, 5.41) is 7.32. The van der Waals surface area contributed by atoms with E-state index in [-0.39, 0.29) is 5.69 Å². The fourth-order valence-corrected chi connectivity index (χ4v) is 1.59. The zero-order valence-electron chi connectivity index (χ0n) is 7.95. The highest BCUT2D eigenvalue weighted by atomic mass is 16.2. The molecule has 1 aromatic rings. The molecule has 0 aliphatic carbocycles. The second kappa shape index (κ2) is 2.99. The Bertz CT molecular complexity index is 361. The van der Waals surface area contributed by atoms with Crippen LogP contribution in [0.1, 0.15) is 18.8 Å². The van der Waals surface area contributed by atoms with Gasteiger partial charge in [-0.15, -0.1) is 0 Å². The van der Waals surface area contributed by atoms with Crippen molar-refractivity contribution in [2.45, 2.75) is 19.4 Å². The van der Waals surface area contributed by atoms with Crippen molar-refractivity contribution < 1.29 is 0 Å². The first-order valence-corrected chi connectivity index (χ1v) is 4.59. The van der Waals surface area contributed by atoms with E-state index < -0.39 is 0 Å². The lowest BCUT2D eigenvalue weighted by Gasteiger charge is -2.28. The maximum atomic E-state index is 11.6. The lowest BCUT2D eigenvalue weighted by molar-refractivity contribution is 0.328. The molecule has 1 aliphatic rings. The Morgan fingerprint density at radius 3 is 2.77 bits per heavy atom. The topological polar surface area (TPSA) is 51.9 Å². The van der Waals surface area contributed by atoms with Crippen LogP contribution in [0.5, 0.6) is 0 Å². The Morgan fingerprint density at radius 2 is 2.31 bits per heavy atom. The third-order valence-corrected chi connectivity index (χ3v) is 2.47. The van der Waals surface area contributed by atoms with Gasteiger partial charge in [-0.3, -0.25) is 4.57 Å². The molecule has 0 bridgehead atoms. The molecule has 13 heavy (non-hydrogen) atoms. The first-order chi connectivity index (χ1) is 6.24. The van der Waals surface area contributed by atoms with Crippen LogP contribution in [0.3, 0.4) is 0 Å². The van der Waals surface area contributed by atoms with E-state index in [1.54, 1.807) is 11.6 Å². The highest BCUT2D eigenvalue weighted by Gasteiger charge is 2.24. The minimum absolute atomic E-state index is 0.00310. The van der Waals surface area contributed by atoms with Crippen LogP contribution < -0.4 is 11.0 Å². The molecule has 1 fully saturated rings. The molecule has 72 valence electrons. The molecule has 0 radical (unpaired) electrons. The van der Waals surface area contributed by atoms with Crippen LogP contribution in [-0.4, -0.2) is 27.4 Å². The quantitative estimate of drug-likeness (QED) is 0.657. The van der Waals surface area contributed by atoms with Gasteiger partial charge in [0.2, 0.25) is 0 Å². The van der Waals surface area contributed by atoms with E-state index in [4.69, 9.17) is 0 Å². The van der Waals surface area contributed by atoms with Gasteiger partial charge in [0, 0.05) is 26.6 Å². The molecule has 0 unspecified atom stereocenters. The molecule has 5 nitrogen and oxygen atoms in total. The number of aromatic nitrogens is 3. The van der Waals surface area contributed by atoms with Crippen molar-refractivity contribution in [3.8, 4) is 0 Å². The number of hydrogen-bond donors (Lipinski definition) is 1. The van der Waals surface area contributed by atoms with E-state index in [0.29, 0.717) is 6.04 Å². The van der Waals surface area contributed by atoms with Crippen molar-refractivity contribution in [2.75, 3.05) is 13.1 Å². The molecule has 0 amide bonds. The summed E-state index contributed by atoms with van der Waals surface area (Å²) in [4.78, 5) is 11.6. The average molecular weight is 182 g/mol. The first-order valence-electron chi connectivity index (χ1n) is 4.59. The summed E-state index contributed by atoms with van der Waals surface area (Å²) in [6.45, 7) is 3.79. The third kappa shape index (κ3) is 1.19. The van der Waals surface area contributed by atoms with Gasteiger partial charge in [-0.25, -0.2) is 9.48 Å². The molecule has 0 saturated carbocycles. The zero-order valence-corrected chi connectivity index (χ0v) is 7.95. The predicted octanol–water partition coefficient (Wildman–Crippen LogP) is -0.711. The van der Waals surface area contributed by atoms with Crippen LogP contribution in [0.15, 0.2) is 4.79 Å². The maximum absolute atomic E-state index is 11.6. The van der Waals surface area contributed by atoms with Gasteiger partial charge in [-0.1, -0.05) is 6.92 Å². The van der Waals surface area contributed by atoms with Crippen molar-refractivity contribution in [2.24, 2.45) is 7.05 Å². The maximum Gasteiger partial charge on any atom is 0.346 e. The average Bonchev–Trinajstić information content (AvgIpc) is 2.29. The Kier molecular flexibility index (Phi) is 1.95. The Balaban J connectivity index is 2.45. The van der Waals surface area contributed by atoms with Gasteiger partial charge < -0.3 is 5.32 Å². The highest BCUT2D eigenvalue weighted by Crippen LogP contribution is 2.10. The summed E-state index contributed by atoms with van der Waals surface area (Å²) in [5.74, 6) is 0.888. The summed E-state index contributed by atoms with van der Waals surface area (Å²) in [6, 6.07) is 0.316. The fourth-order valence-electron chi connectivity index (χ4n) is 1.59. The molecular weight excluding hydrogens is 168 g/mol. The van der Waals surface area contributed by atoms with Crippen LogP contribution in [0.2, 0.25) is 0 Å². The molecule has 2 rings (SSSR count). The van der Waals surface area contributed by atoms with Crippen LogP contribution in [0.4, 0.5) is 0 Å². The molecule has 2 heterocycles. The van der Waals surface area contributed by atoms with Crippen LogP contribution in [0, 0.1) is 0 Å².